The Bertz CT molecular complexity index is 812. The van der Waals surface area contributed by atoms with Crippen molar-refractivity contribution in [2.75, 3.05) is 10.0 Å². The molecule has 9 heteroatoms. The molecular weight excluding hydrogens is 296 g/mol. The van der Waals surface area contributed by atoms with Crippen LogP contribution < -0.4 is 15.6 Å². The normalized spacial score (nSPS) is 10.9. The van der Waals surface area contributed by atoms with Crippen LogP contribution in [0.2, 0.25) is 0 Å². The Balaban J connectivity index is 2.23. The van der Waals surface area contributed by atoms with E-state index in [2.05, 4.69) is 20.0 Å². The molecule has 1 amide bonds. The minimum Gasteiger partial charge on any atom is -0.326 e. The average molecular weight is 308 g/mol. The number of nitrogens with one attached hydrogen (secondary N) is 3. The second-order valence-electron chi connectivity index (χ2n) is 4.09. The predicted molar refractivity (Wildman–Crippen MR) is 76.4 cm³/mol. The molecule has 1 aromatic heterocycles. The molecule has 0 aliphatic rings. The molecule has 0 aliphatic heterocycles. The van der Waals surface area contributed by atoms with E-state index < -0.39 is 15.6 Å². The molecule has 0 spiro atoms. The highest BCUT2D eigenvalue weighted by molar-refractivity contribution is 7.92. The van der Waals surface area contributed by atoms with Gasteiger partial charge in [0.15, 0.2) is 0 Å². The van der Waals surface area contributed by atoms with Crippen molar-refractivity contribution in [1.29, 1.82) is 0 Å². The van der Waals surface area contributed by atoms with Gasteiger partial charge in [-0.15, -0.1) is 0 Å². The lowest BCUT2D eigenvalue weighted by Gasteiger charge is -2.07. The van der Waals surface area contributed by atoms with Crippen molar-refractivity contribution in [3.05, 3.63) is 46.9 Å². The van der Waals surface area contributed by atoms with Crippen molar-refractivity contribution in [2.24, 2.45) is 0 Å². The number of amides is 1. The second-order valence-corrected chi connectivity index (χ2v) is 5.78. The number of H-pyrrole nitrogens is 1. The Kier molecular flexibility index (Phi) is 4.03. The van der Waals surface area contributed by atoms with Gasteiger partial charge in [0.2, 0.25) is 11.9 Å². The molecule has 0 unspecified atom stereocenters. The van der Waals surface area contributed by atoms with Crippen molar-refractivity contribution in [3.8, 4) is 0 Å². The average Bonchev–Trinajstić information content (AvgIpc) is 2.38. The summed E-state index contributed by atoms with van der Waals surface area (Å²) in [6.07, 6.45) is 1.19. The van der Waals surface area contributed by atoms with Crippen LogP contribution in [0.3, 0.4) is 0 Å². The largest absolute Gasteiger partial charge is 0.326 e. The van der Waals surface area contributed by atoms with Gasteiger partial charge < -0.3 is 5.32 Å². The molecule has 0 fully saturated rings. The van der Waals surface area contributed by atoms with E-state index in [4.69, 9.17) is 0 Å². The molecule has 0 atom stereocenters. The van der Waals surface area contributed by atoms with E-state index in [-0.39, 0.29) is 16.8 Å². The first-order chi connectivity index (χ1) is 9.87. The zero-order valence-corrected chi connectivity index (χ0v) is 11.8. The maximum Gasteiger partial charge on any atom is 0.264 e. The Hall–Kier alpha value is -2.68. The maximum atomic E-state index is 12.1. The number of rotatable bonds is 4. The lowest BCUT2D eigenvalue weighted by molar-refractivity contribution is -0.114. The quantitative estimate of drug-likeness (QED) is 0.760. The number of carbonyl (C=O) groups excluding carboxylic acids is 1. The highest BCUT2D eigenvalue weighted by Crippen LogP contribution is 2.15. The zero-order chi connectivity index (χ0) is 15.5. The summed E-state index contributed by atoms with van der Waals surface area (Å²) in [6, 6.07) is 6.73. The predicted octanol–water partition coefficient (Wildman–Crippen LogP) is 0.529. The molecule has 2 aromatic rings. The summed E-state index contributed by atoms with van der Waals surface area (Å²) in [5, 5.41) is 2.53. The van der Waals surface area contributed by atoms with E-state index in [1.54, 1.807) is 0 Å². The Morgan fingerprint density at radius 1 is 1.19 bits per heavy atom. The summed E-state index contributed by atoms with van der Waals surface area (Å²) in [5.74, 6) is -0.428. The minimum absolute atomic E-state index is 0.0249. The van der Waals surface area contributed by atoms with E-state index >= 15 is 0 Å². The number of carbonyl (C=O) groups is 1. The second kappa shape index (κ2) is 5.75. The van der Waals surface area contributed by atoms with Crippen LogP contribution in [0.1, 0.15) is 6.92 Å². The van der Waals surface area contributed by atoms with E-state index in [0.29, 0.717) is 5.69 Å². The number of benzene rings is 1. The van der Waals surface area contributed by atoms with Gasteiger partial charge in [-0.3, -0.25) is 14.6 Å². The van der Waals surface area contributed by atoms with Crippen LogP contribution in [-0.2, 0) is 14.8 Å². The van der Waals surface area contributed by atoms with Crippen LogP contribution in [0, 0.1) is 0 Å². The van der Waals surface area contributed by atoms with Gasteiger partial charge in [-0.2, -0.15) is 0 Å². The van der Waals surface area contributed by atoms with Gasteiger partial charge in [0.05, 0.1) is 4.90 Å². The van der Waals surface area contributed by atoms with Gasteiger partial charge in [0.25, 0.3) is 15.6 Å². The van der Waals surface area contributed by atoms with Gasteiger partial charge in [-0.05, 0) is 24.3 Å². The Morgan fingerprint density at radius 3 is 2.43 bits per heavy atom. The fraction of sp³-hybridized carbons (Fsp3) is 0.0833. The Labute approximate surface area is 120 Å². The Morgan fingerprint density at radius 2 is 1.86 bits per heavy atom. The van der Waals surface area contributed by atoms with Crippen molar-refractivity contribution in [3.63, 3.8) is 0 Å². The van der Waals surface area contributed by atoms with Crippen LogP contribution in [-0.4, -0.2) is 24.3 Å². The SMILES string of the molecule is CC(=O)Nc1ccc(S(=O)(=O)Nc2nccc(=O)[nH]2)cc1. The van der Waals surface area contributed by atoms with E-state index in [9.17, 15) is 18.0 Å². The van der Waals surface area contributed by atoms with Crippen LogP contribution in [0.15, 0.2) is 46.2 Å². The fourth-order valence-electron chi connectivity index (χ4n) is 1.53. The lowest BCUT2D eigenvalue weighted by Crippen LogP contribution is -2.18. The summed E-state index contributed by atoms with van der Waals surface area (Å²) >= 11 is 0. The third kappa shape index (κ3) is 3.89. The van der Waals surface area contributed by atoms with E-state index in [0.717, 1.165) is 0 Å². The number of sulfonamides is 1. The molecular formula is C12H12N4O4S. The van der Waals surface area contributed by atoms with E-state index in [1.807, 2.05) is 0 Å². The van der Waals surface area contributed by atoms with Gasteiger partial charge in [0.1, 0.15) is 0 Å². The first-order valence-corrected chi connectivity index (χ1v) is 7.31. The number of aromatic amines is 1. The van der Waals surface area contributed by atoms with Crippen LogP contribution in [0.4, 0.5) is 11.6 Å². The van der Waals surface area contributed by atoms with Crippen molar-refractivity contribution in [2.45, 2.75) is 11.8 Å². The van der Waals surface area contributed by atoms with E-state index in [1.165, 1.54) is 43.5 Å². The summed E-state index contributed by atoms with van der Waals surface area (Å²) in [5.41, 5.74) is 0.0106. The minimum atomic E-state index is -3.87. The third-order valence-corrected chi connectivity index (χ3v) is 3.74. The molecule has 0 radical (unpaired) electrons. The van der Waals surface area contributed by atoms with Gasteiger partial charge >= 0.3 is 0 Å². The summed E-state index contributed by atoms with van der Waals surface area (Å²) in [6.45, 7) is 1.35. The van der Waals surface area contributed by atoms with Gasteiger partial charge in [0, 0.05) is 24.9 Å². The first kappa shape index (κ1) is 14.7. The molecule has 21 heavy (non-hydrogen) atoms. The lowest BCUT2D eigenvalue weighted by atomic mass is 10.3. The number of nitrogens with zero attached hydrogens (tertiary/aromatic N) is 1. The smallest absolute Gasteiger partial charge is 0.264 e. The molecule has 0 saturated carbocycles. The van der Waals surface area contributed by atoms with Gasteiger partial charge in [-0.1, -0.05) is 0 Å². The number of hydrogen-bond acceptors (Lipinski definition) is 5. The first-order valence-electron chi connectivity index (χ1n) is 5.83. The molecule has 110 valence electrons. The van der Waals surface area contributed by atoms with Crippen molar-refractivity contribution < 1.29 is 13.2 Å². The number of anilines is 2. The standard InChI is InChI=1S/C12H12N4O4S/c1-8(17)14-9-2-4-10(5-3-9)21(19,20)16-12-13-7-6-11(18)15-12/h2-7H,1H3,(H,14,17)(H2,13,15,16,18). The highest BCUT2D eigenvalue weighted by atomic mass is 32.2. The van der Waals surface area contributed by atoms with Gasteiger partial charge in [-0.25, -0.2) is 18.1 Å². The zero-order valence-electron chi connectivity index (χ0n) is 11.0. The summed E-state index contributed by atoms with van der Waals surface area (Å²) < 4.78 is 26.3. The monoisotopic (exact) mass is 308 g/mol. The third-order valence-electron chi connectivity index (χ3n) is 2.39. The molecule has 2 rings (SSSR count). The number of hydrogen-bond donors (Lipinski definition) is 3. The number of aromatic nitrogens is 2. The molecule has 0 bridgehead atoms. The maximum absolute atomic E-state index is 12.1. The van der Waals surface area contributed by atoms with Crippen LogP contribution in [0.25, 0.3) is 0 Å². The van der Waals surface area contributed by atoms with Crippen LogP contribution in [0.5, 0.6) is 0 Å². The van der Waals surface area contributed by atoms with Crippen molar-refractivity contribution >= 4 is 27.6 Å². The van der Waals surface area contributed by atoms with Crippen LogP contribution >= 0.6 is 0 Å². The summed E-state index contributed by atoms with van der Waals surface area (Å²) in [7, 11) is -3.87. The fourth-order valence-corrected chi connectivity index (χ4v) is 2.50. The topological polar surface area (TPSA) is 121 Å². The molecule has 1 aromatic carbocycles. The van der Waals surface area contributed by atoms with Crippen molar-refractivity contribution in [1.82, 2.24) is 9.97 Å². The highest BCUT2D eigenvalue weighted by Gasteiger charge is 2.15. The summed E-state index contributed by atoms with van der Waals surface area (Å²) in [4.78, 5) is 27.9. The molecule has 1 heterocycles. The molecule has 0 aliphatic carbocycles. The molecule has 0 saturated heterocycles. The molecule has 8 nitrogen and oxygen atoms in total. The molecule has 3 N–H and O–H groups in total.